The molecule has 0 bridgehead atoms. The highest BCUT2D eigenvalue weighted by molar-refractivity contribution is 5.10. The summed E-state index contributed by atoms with van der Waals surface area (Å²) in [5.41, 5.74) is 6.15. The molecule has 1 aromatic heterocycles. The Morgan fingerprint density at radius 2 is 2.13 bits per heavy atom. The van der Waals surface area contributed by atoms with Crippen LogP contribution in [-0.2, 0) is 6.42 Å². The average Bonchev–Trinajstić information content (AvgIpc) is 2.86. The molecule has 0 aromatic carbocycles. The molecule has 0 radical (unpaired) electrons. The molecule has 2 rings (SSSR count). The summed E-state index contributed by atoms with van der Waals surface area (Å²) < 4.78 is 5.68. The van der Waals surface area contributed by atoms with Crippen molar-refractivity contribution in [3.8, 4) is 0 Å². The molecule has 1 aliphatic carbocycles. The number of rotatable bonds is 4. The van der Waals surface area contributed by atoms with E-state index >= 15 is 0 Å². The molecular formula is C13H21NO. The van der Waals surface area contributed by atoms with E-state index in [4.69, 9.17) is 10.2 Å². The summed E-state index contributed by atoms with van der Waals surface area (Å²) in [6.07, 6.45) is 7.53. The van der Waals surface area contributed by atoms with Gasteiger partial charge in [0.2, 0.25) is 0 Å². The molecule has 0 saturated heterocycles. The van der Waals surface area contributed by atoms with Crippen molar-refractivity contribution in [1.82, 2.24) is 0 Å². The Kier molecular flexibility index (Phi) is 3.47. The number of hydrogen-bond acceptors (Lipinski definition) is 2. The lowest BCUT2D eigenvalue weighted by atomic mass is 9.98. The van der Waals surface area contributed by atoms with Gasteiger partial charge in [-0.05, 0) is 24.5 Å². The predicted molar refractivity (Wildman–Crippen MR) is 61.6 cm³/mol. The van der Waals surface area contributed by atoms with Crippen LogP contribution in [0.2, 0.25) is 0 Å². The number of aryl methyl sites for hydroxylation is 1. The number of hydrogen-bond donors (Lipinski definition) is 1. The first kappa shape index (κ1) is 10.7. The zero-order chi connectivity index (χ0) is 10.7. The van der Waals surface area contributed by atoms with Crippen molar-refractivity contribution in [2.75, 3.05) is 0 Å². The lowest BCUT2D eigenvalue weighted by Gasteiger charge is -2.13. The van der Waals surface area contributed by atoms with E-state index in [1.54, 1.807) is 0 Å². The first-order valence-electron chi connectivity index (χ1n) is 6.13. The molecule has 1 aromatic rings. The molecule has 1 aliphatic rings. The summed E-state index contributed by atoms with van der Waals surface area (Å²) in [4.78, 5) is 0. The smallest absolute Gasteiger partial charge is 0.120 e. The molecule has 1 saturated carbocycles. The Labute approximate surface area is 91.8 Å². The molecule has 1 atom stereocenters. The zero-order valence-electron chi connectivity index (χ0n) is 9.54. The quantitative estimate of drug-likeness (QED) is 0.821. The van der Waals surface area contributed by atoms with Gasteiger partial charge in [-0.25, -0.2) is 0 Å². The van der Waals surface area contributed by atoms with E-state index in [0.717, 1.165) is 30.3 Å². The highest BCUT2D eigenvalue weighted by Gasteiger charge is 2.20. The van der Waals surface area contributed by atoms with Crippen LogP contribution in [0.4, 0.5) is 0 Å². The van der Waals surface area contributed by atoms with Crippen molar-refractivity contribution in [3.63, 3.8) is 0 Å². The molecule has 2 N–H and O–H groups in total. The number of nitrogens with two attached hydrogens (primary N) is 1. The Morgan fingerprint density at radius 3 is 2.73 bits per heavy atom. The molecule has 0 spiro atoms. The minimum atomic E-state index is 0.105. The van der Waals surface area contributed by atoms with Gasteiger partial charge < -0.3 is 10.2 Å². The van der Waals surface area contributed by atoms with Gasteiger partial charge in [-0.3, -0.25) is 0 Å². The normalized spacial score (nSPS) is 19.6. The lowest BCUT2D eigenvalue weighted by Crippen LogP contribution is -2.13. The van der Waals surface area contributed by atoms with Gasteiger partial charge in [-0.2, -0.15) is 0 Å². The van der Waals surface area contributed by atoms with E-state index in [9.17, 15) is 0 Å². The fraction of sp³-hybridized carbons (Fsp3) is 0.692. The fourth-order valence-electron chi connectivity index (χ4n) is 2.51. The first-order valence-corrected chi connectivity index (χ1v) is 6.13. The van der Waals surface area contributed by atoms with Gasteiger partial charge in [0.1, 0.15) is 11.5 Å². The lowest BCUT2D eigenvalue weighted by molar-refractivity contribution is 0.379. The van der Waals surface area contributed by atoms with Gasteiger partial charge >= 0.3 is 0 Å². The Balaban J connectivity index is 1.91. The van der Waals surface area contributed by atoms with E-state index in [-0.39, 0.29) is 6.04 Å². The topological polar surface area (TPSA) is 39.2 Å². The van der Waals surface area contributed by atoms with E-state index in [0.29, 0.717) is 0 Å². The minimum Gasteiger partial charge on any atom is -0.464 e. The standard InChI is InChI=1S/C13H21NO/c1-2-11-7-8-13(15-11)12(14)9-10-5-3-4-6-10/h7-8,10,12H,2-6,9,14H2,1H3. The molecule has 0 amide bonds. The SMILES string of the molecule is CCc1ccc(C(N)CC2CCCC2)o1. The van der Waals surface area contributed by atoms with Gasteiger partial charge in [0.05, 0.1) is 6.04 Å². The van der Waals surface area contributed by atoms with Crippen molar-refractivity contribution in [3.05, 3.63) is 23.7 Å². The van der Waals surface area contributed by atoms with Crippen LogP contribution in [0, 0.1) is 5.92 Å². The highest BCUT2D eigenvalue weighted by Crippen LogP contribution is 2.32. The molecular weight excluding hydrogens is 186 g/mol. The summed E-state index contributed by atoms with van der Waals surface area (Å²) in [6, 6.07) is 4.19. The second-order valence-electron chi connectivity index (χ2n) is 4.65. The van der Waals surface area contributed by atoms with Gasteiger partial charge in [0, 0.05) is 6.42 Å². The van der Waals surface area contributed by atoms with E-state index in [1.165, 1.54) is 25.7 Å². The summed E-state index contributed by atoms with van der Waals surface area (Å²) in [5.74, 6) is 2.85. The Hall–Kier alpha value is -0.760. The fourth-order valence-corrected chi connectivity index (χ4v) is 2.51. The molecule has 84 valence electrons. The average molecular weight is 207 g/mol. The number of furan rings is 1. The second-order valence-corrected chi connectivity index (χ2v) is 4.65. The van der Waals surface area contributed by atoms with Crippen LogP contribution >= 0.6 is 0 Å². The maximum atomic E-state index is 6.15. The van der Waals surface area contributed by atoms with Crippen LogP contribution < -0.4 is 5.73 Å². The van der Waals surface area contributed by atoms with E-state index in [1.807, 2.05) is 12.1 Å². The van der Waals surface area contributed by atoms with Gasteiger partial charge in [0.15, 0.2) is 0 Å². The van der Waals surface area contributed by atoms with Gasteiger partial charge in [0.25, 0.3) is 0 Å². The van der Waals surface area contributed by atoms with Crippen molar-refractivity contribution >= 4 is 0 Å². The summed E-state index contributed by atoms with van der Waals surface area (Å²) in [7, 11) is 0. The molecule has 2 heteroatoms. The monoisotopic (exact) mass is 207 g/mol. The van der Waals surface area contributed by atoms with Crippen molar-refractivity contribution in [2.45, 2.75) is 51.5 Å². The third-order valence-corrected chi connectivity index (χ3v) is 3.46. The predicted octanol–water partition coefficient (Wildman–Crippen LogP) is 3.42. The third kappa shape index (κ3) is 2.63. The van der Waals surface area contributed by atoms with Crippen molar-refractivity contribution < 1.29 is 4.42 Å². The molecule has 0 aliphatic heterocycles. The molecule has 1 fully saturated rings. The highest BCUT2D eigenvalue weighted by atomic mass is 16.3. The van der Waals surface area contributed by atoms with E-state index in [2.05, 4.69) is 6.92 Å². The van der Waals surface area contributed by atoms with Gasteiger partial charge in [-0.1, -0.05) is 32.6 Å². The van der Waals surface area contributed by atoms with Gasteiger partial charge in [-0.15, -0.1) is 0 Å². The molecule has 2 nitrogen and oxygen atoms in total. The van der Waals surface area contributed by atoms with Crippen molar-refractivity contribution in [1.29, 1.82) is 0 Å². The maximum absolute atomic E-state index is 6.15. The Bertz CT molecular complexity index is 299. The van der Waals surface area contributed by atoms with Crippen LogP contribution in [0.15, 0.2) is 16.5 Å². The molecule has 1 unspecified atom stereocenters. The summed E-state index contributed by atoms with van der Waals surface area (Å²) in [5, 5.41) is 0. The Morgan fingerprint density at radius 1 is 1.40 bits per heavy atom. The molecule has 1 heterocycles. The zero-order valence-corrected chi connectivity index (χ0v) is 9.54. The molecule has 15 heavy (non-hydrogen) atoms. The van der Waals surface area contributed by atoms with Crippen LogP contribution in [0.1, 0.15) is 56.6 Å². The van der Waals surface area contributed by atoms with Crippen LogP contribution in [0.3, 0.4) is 0 Å². The minimum absolute atomic E-state index is 0.105. The third-order valence-electron chi connectivity index (χ3n) is 3.46. The van der Waals surface area contributed by atoms with E-state index < -0.39 is 0 Å². The summed E-state index contributed by atoms with van der Waals surface area (Å²) in [6.45, 7) is 2.10. The first-order chi connectivity index (χ1) is 7.29. The van der Waals surface area contributed by atoms with Crippen molar-refractivity contribution in [2.24, 2.45) is 11.7 Å². The van der Waals surface area contributed by atoms with Crippen LogP contribution in [-0.4, -0.2) is 0 Å². The largest absolute Gasteiger partial charge is 0.464 e. The second kappa shape index (κ2) is 4.84. The maximum Gasteiger partial charge on any atom is 0.120 e. The van der Waals surface area contributed by atoms with Crippen LogP contribution in [0.5, 0.6) is 0 Å². The summed E-state index contributed by atoms with van der Waals surface area (Å²) >= 11 is 0. The van der Waals surface area contributed by atoms with Crippen LogP contribution in [0.25, 0.3) is 0 Å².